The molecule has 0 radical (unpaired) electrons. The molecule has 0 saturated heterocycles. The number of ether oxygens (including phenoxy) is 6. The molecule has 38 heavy (non-hydrogen) atoms. The Morgan fingerprint density at radius 1 is 0.868 bits per heavy atom. The number of benzene rings is 1. The molecule has 1 aromatic carbocycles. The number of hydrogen-bond donors (Lipinski definition) is 1. The molecule has 0 heterocycles. The second-order valence-electron chi connectivity index (χ2n) is 9.78. The fraction of sp³-hybridized carbons (Fsp3) is 0.630. The molecule has 0 aliphatic carbocycles. The summed E-state index contributed by atoms with van der Waals surface area (Å²) in [5, 5.41) is 0. The molecular weight excluding hydrogens is 498 g/mol. The number of carbonyl (C=O) groups is 4. The zero-order valence-corrected chi connectivity index (χ0v) is 23.5. The van der Waals surface area contributed by atoms with Gasteiger partial charge in [0.1, 0.15) is 11.6 Å². The number of esters is 2. The number of rotatable bonds is 13. The first-order valence-corrected chi connectivity index (χ1v) is 12.7. The Morgan fingerprint density at radius 3 is 1.92 bits per heavy atom. The van der Waals surface area contributed by atoms with Gasteiger partial charge in [0.25, 0.3) is 0 Å². The maximum absolute atomic E-state index is 12.7. The summed E-state index contributed by atoms with van der Waals surface area (Å²) in [4.78, 5) is 49.3. The van der Waals surface area contributed by atoms with Crippen LogP contribution in [0.4, 0.5) is 9.59 Å². The molecule has 0 bridgehead atoms. The van der Waals surface area contributed by atoms with Crippen molar-refractivity contribution in [2.24, 2.45) is 11.7 Å². The van der Waals surface area contributed by atoms with Crippen LogP contribution in [-0.2, 0) is 35.0 Å². The number of hydrogen-bond acceptors (Lipinski definition) is 11. The largest absolute Gasteiger partial charge is 0.514 e. The summed E-state index contributed by atoms with van der Waals surface area (Å²) < 4.78 is 30.9. The monoisotopic (exact) mass is 539 g/mol. The van der Waals surface area contributed by atoms with Gasteiger partial charge >= 0.3 is 24.2 Å². The van der Waals surface area contributed by atoms with Gasteiger partial charge in [-0.05, 0) is 58.7 Å². The van der Waals surface area contributed by atoms with E-state index >= 15 is 0 Å². The molecule has 3 atom stereocenters. The molecule has 0 saturated carbocycles. The van der Waals surface area contributed by atoms with Gasteiger partial charge < -0.3 is 34.2 Å². The summed E-state index contributed by atoms with van der Waals surface area (Å²) in [5.41, 5.74) is 5.35. The summed E-state index contributed by atoms with van der Waals surface area (Å²) in [6.45, 7) is 12.0. The van der Waals surface area contributed by atoms with Crippen LogP contribution in [0.25, 0.3) is 0 Å². The average molecular weight is 540 g/mol. The Labute approximate surface area is 224 Å². The van der Waals surface area contributed by atoms with Crippen LogP contribution in [-0.4, -0.2) is 55.2 Å². The van der Waals surface area contributed by atoms with Crippen LogP contribution >= 0.6 is 0 Å². The van der Waals surface area contributed by atoms with Crippen molar-refractivity contribution in [3.63, 3.8) is 0 Å². The van der Waals surface area contributed by atoms with E-state index in [0.29, 0.717) is 12.0 Å². The zero-order chi connectivity index (χ0) is 29.0. The highest BCUT2D eigenvalue weighted by molar-refractivity contribution is 5.81. The quantitative estimate of drug-likeness (QED) is 0.211. The molecule has 11 heteroatoms. The fourth-order valence-corrected chi connectivity index (χ4v) is 3.65. The second kappa shape index (κ2) is 15.2. The molecule has 0 aromatic heterocycles. The molecule has 2 unspecified atom stereocenters. The highest BCUT2D eigenvalue weighted by Crippen LogP contribution is 2.32. The van der Waals surface area contributed by atoms with Crippen LogP contribution in [0.15, 0.2) is 18.2 Å². The lowest BCUT2D eigenvalue weighted by molar-refractivity contribution is -0.157. The Balaban J connectivity index is 3.23. The molecule has 214 valence electrons. The standard InChI is InChI=1S/C27H41NO10/c1-9-10-18(6)23(29)36-19(7)14-27(28,24(30)33-8)15-20-11-12-21(37-25(31)34-16(2)3)22(13-20)38-26(32)35-17(4)5/h11-13,16-19H,9-10,14-15,28H2,1-8H3/t18?,19-,27?/m0/s1. The number of nitrogens with two attached hydrogens (primary N) is 1. The van der Waals surface area contributed by atoms with Crippen molar-refractivity contribution in [1.82, 2.24) is 0 Å². The minimum absolute atomic E-state index is 0.0329. The van der Waals surface area contributed by atoms with Crippen LogP contribution in [0.1, 0.15) is 73.3 Å². The molecule has 0 fully saturated rings. The van der Waals surface area contributed by atoms with Gasteiger partial charge in [-0.25, -0.2) is 9.59 Å². The SMILES string of the molecule is CCCC(C)C(=O)O[C@@H](C)CC(N)(Cc1ccc(OC(=O)OC(C)C)c(OC(=O)OC(C)C)c1)C(=O)OC. The summed E-state index contributed by atoms with van der Waals surface area (Å²) in [7, 11) is 1.21. The predicted octanol–water partition coefficient (Wildman–Crippen LogP) is 4.71. The Morgan fingerprint density at radius 2 is 1.42 bits per heavy atom. The minimum atomic E-state index is -1.59. The molecule has 2 N–H and O–H groups in total. The van der Waals surface area contributed by atoms with E-state index in [1.54, 1.807) is 47.6 Å². The minimum Gasteiger partial charge on any atom is -0.468 e. The summed E-state index contributed by atoms with van der Waals surface area (Å²) in [6, 6.07) is 4.32. The van der Waals surface area contributed by atoms with Gasteiger partial charge in [-0.1, -0.05) is 26.3 Å². The van der Waals surface area contributed by atoms with Crippen molar-refractivity contribution in [2.45, 2.75) is 98.0 Å². The van der Waals surface area contributed by atoms with Crippen LogP contribution in [0.2, 0.25) is 0 Å². The maximum Gasteiger partial charge on any atom is 0.514 e. The Bertz CT molecular complexity index is 961. The van der Waals surface area contributed by atoms with Crippen molar-refractivity contribution in [3.8, 4) is 11.5 Å². The number of carbonyl (C=O) groups excluding carboxylic acids is 4. The van der Waals surface area contributed by atoms with Crippen molar-refractivity contribution in [3.05, 3.63) is 23.8 Å². The van der Waals surface area contributed by atoms with Crippen molar-refractivity contribution in [1.29, 1.82) is 0 Å². The van der Waals surface area contributed by atoms with Crippen molar-refractivity contribution in [2.75, 3.05) is 7.11 Å². The summed E-state index contributed by atoms with van der Waals surface area (Å²) >= 11 is 0. The summed E-state index contributed by atoms with van der Waals surface area (Å²) in [5.74, 6) is -1.62. The van der Waals surface area contributed by atoms with Gasteiger partial charge in [0.15, 0.2) is 11.5 Å². The van der Waals surface area contributed by atoms with Crippen LogP contribution < -0.4 is 15.2 Å². The van der Waals surface area contributed by atoms with Gasteiger partial charge in [-0.15, -0.1) is 0 Å². The van der Waals surface area contributed by atoms with Gasteiger partial charge in [0.05, 0.1) is 25.2 Å². The molecule has 11 nitrogen and oxygen atoms in total. The smallest absolute Gasteiger partial charge is 0.468 e. The van der Waals surface area contributed by atoms with Crippen LogP contribution in [0, 0.1) is 5.92 Å². The van der Waals surface area contributed by atoms with E-state index in [2.05, 4.69) is 0 Å². The molecule has 0 aliphatic heterocycles. The van der Waals surface area contributed by atoms with E-state index < -0.39 is 42.1 Å². The van der Waals surface area contributed by atoms with E-state index in [1.807, 2.05) is 6.92 Å². The Hall–Kier alpha value is -3.34. The Kier molecular flexibility index (Phi) is 13.0. The number of methoxy groups -OCH3 is 1. The van der Waals surface area contributed by atoms with Crippen molar-refractivity contribution < 1.29 is 47.6 Å². The van der Waals surface area contributed by atoms with E-state index in [0.717, 1.165) is 6.42 Å². The summed E-state index contributed by atoms with van der Waals surface area (Å²) in [6.07, 6.45) is -2.19. The molecule has 0 amide bonds. The highest BCUT2D eigenvalue weighted by atomic mass is 16.7. The highest BCUT2D eigenvalue weighted by Gasteiger charge is 2.38. The molecule has 0 aliphatic rings. The maximum atomic E-state index is 12.7. The third kappa shape index (κ3) is 11.0. The second-order valence-corrected chi connectivity index (χ2v) is 9.78. The predicted molar refractivity (Wildman–Crippen MR) is 138 cm³/mol. The van der Waals surface area contributed by atoms with Gasteiger partial charge in [-0.3, -0.25) is 9.59 Å². The molecule has 1 rings (SSSR count). The van der Waals surface area contributed by atoms with Gasteiger partial charge in [-0.2, -0.15) is 0 Å². The zero-order valence-electron chi connectivity index (χ0n) is 23.5. The van der Waals surface area contributed by atoms with E-state index in [-0.39, 0.29) is 36.2 Å². The molecule has 0 spiro atoms. The molecule has 1 aromatic rings. The van der Waals surface area contributed by atoms with Crippen molar-refractivity contribution >= 4 is 24.2 Å². The average Bonchev–Trinajstić information content (AvgIpc) is 2.78. The van der Waals surface area contributed by atoms with Gasteiger partial charge in [0.2, 0.25) is 0 Å². The molecular formula is C27H41NO10. The van der Waals surface area contributed by atoms with E-state index in [9.17, 15) is 19.2 Å². The first kappa shape index (κ1) is 32.7. The third-order valence-electron chi connectivity index (χ3n) is 5.26. The topological polar surface area (TPSA) is 150 Å². The lowest BCUT2D eigenvalue weighted by Gasteiger charge is -2.30. The third-order valence-corrected chi connectivity index (χ3v) is 5.26. The van der Waals surface area contributed by atoms with E-state index in [1.165, 1.54) is 19.2 Å². The normalized spacial score (nSPS) is 14.2. The van der Waals surface area contributed by atoms with Crippen LogP contribution in [0.5, 0.6) is 11.5 Å². The first-order valence-electron chi connectivity index (χ1n) is 12.7. The first-order chi connectivity index (χ1) is 17.7. The lowest BCUT2D eigenvalue weighted by Crippen LogP contribution is -2.53. The lowest BCUT2D eigenvalue weighted by atomic mass is 9.86. The van der Waals surface area contributed by atoms with E-state index in [4.69, 9.17) is 34.2 Å². The van der Waals surface area contributed by atoms with Crippen LogP contribution in [0.3, 0.4) is 0 Å². The van der Waals surface area contributed by atoms with Gasteiger partial charge in [0, 0.05) is 12.8 Å². The fourth-order valence-electron chi connectivity index (χ4n) is 3.65.